The molecule has 0 radical (unpaired) electrons. The Balaban J connectivity index is 1.17. The van der Waals surface area contributed by atoms with Gasteiger partial charge in [-0.2, -0.15) is 9.97 Å². The molecule has 0 amide bonds. The van der Waals surface area contributed by atoms with E-state index >= 15 is 0 Å². The van der Waals surface area contributed by atoms with Crippen molar-refractivity contribution in [2.24, 2.45) is 0 Å². The molecule has 2 aromatic heterocycles. The zero-order valence-electron chi connectivity index (χ0n) is 30.0. The molecule has 4 heteroatoms. The van der Waals surface area contributed by atoms with Crippen LogP contribution in [0.25, 0.3) is 94.3 Å². The number of aromatic nitrogens is 4. The van der Waals surface area contributed by atoms with Gasteiger partial charge >= 0.3 is 0 Å². The zero-order chi connectivity index (χ0) is 36.0. The molecule has 0 unspecified atom stereocenters. The van der Waals surface area contributed by atoms with Crippen molar-refractivity contribution >= 4 is 43.4 Å². The van der Waals surface area contributed by atoms with Gasteiger partial charge in [-0.1, -0.05) is 159 Å². The van der Waals surface area contributed by atoms with Gasteiger partial charge in [-0.05, 0) is 79.2 Å². The highest BCUT2D eigenvalue weighted by molar-refractivity contribution is 6.21. The Morgan fingerprint density at radius 1 is 0.426 bits per heavy atom. The molecular formula is C50H34N4. The Morgan fingerprint density at radius 2 is 0.981 bits per heavy atom. The van der Waals surface area contributed by atoms with Crippen LogP contribution in [0.4, 0.5) is 0 Å². The molecule has 0 N–H and O–H groups in total. The van der Waals surface area contributed by atoms with E-state index in [1.165, 1.54) is 60.3 Å². The number of hydrogen-bond donors (Lipinski definition) is 0. The molecule has 1 aliphatic rings. The van der Waals surface area contributed by atoms with Gasteiger partial charge in [0.1, 0.15) is 0 Å². The normalized spacial score (nSPS) is 13.1. The Labute approximate surface area is 313 Å². The Bertz CT molecular complexity index is 3060. The van der Waals surface area contributed by atoms with Crippen LogP contribution < -0.4 is 0 Å². The molecule has 2 heterocycles. The molecule has 11 rings (SSSR count). The molecule has 54 heavy (non-hydrogen) atoms. The lowest BCUT2D eigenvalue weighted by molar-refractivity contribution is 0.661. The highest BCUT2D eigenvalue weighted by atomic mass is 15.2. The lowest BCUT2D eigenvalue weighted by Gasteiger charge is -2.21. The van der Waals surface area contributed by atoms with Crippen molar-refractivity contribution in [2.75, 3.05) is 0 Å². The van der Waals surface area contributed by atoms with Gasteiger partial charge in [0.25, 0.3) is 0 Å². The third-order valence-electron chi connectivity index (χ3n) is 11.4. The zero-order valence-corrected chi connectivity index (χ0v) is 30.0. The first-order valence-electron chi connectivity index (χ1n) is 18.5. The van der Waals surface area contributed by atoms with Crippen LogP contribution in [0, 0.1) is 0 Å². The van der Waals surface area contributed by atoms with E-state index in [2.05, 4.69) is 152 Å². The molecule has 0 spiro atoms. The molecule has 0 saturated heterocycles. The maximum absolute atomic E-state index is 5.17. The van der Waals surface area contributed by atoms with Gasteiger partial charge in [0.15, 0.2) is 11.6 Å². The monoisotopic (exact) mass is 690 g/mol. The Kier molecular flexibility index (Phi) is 6.56. The van der Waals surface area contributed by atoms with Crippen LogP contribution in [0.1, 0.15) is 25.0 Å². The van der Waals surface area contributed by atoms with Crippen molar-refractivity contribution in [3.05, 3.63) is 181 Å². The minimum absolute atomic E-state index is 0.0781. The molecule has 0 atom stereocenters. The van der Waals surface area contributed by atoms with Gasteiger partial charge in [0, 0.05) is 27.3 Å². The van der Waals surface area contributed by atoms with Gasteiger partial charge in [0.2, 0.25) is 5.95 Å². The predicted octanol–water partition coefficient (Wildman–Crippen LogP) is 12.6. The summed E-state index contributed by atoms with van der Waals surface area (Å²) in [6.07, 6.45) is 0. The van der Waals surface area contributed by atoms with E-state index in [-0.39, 0.29) is 5.41 Å². The molecule has 0 aliphatic heterocycles. The first-order chi connectivity index (χ1) is 26.5. The molecule has 4 nitrogen and oxygen atoms in total. The summed E-state index contributed by atoms with van der Waals surface area (Å²) in [5.74, 6) is 1.87. The minimum atomic E-state index is -0.0781. The van der Waals surface area contributed by atoms with E-state index in [1.807, 2.05) is 36.4 Å². The van der Waals surface area contributed by atoms with E-state index in [1.54, 1.807) is 0 Å². The fourth-order valence-corrected chi connectivity index (χ4v) is 8.79. The average Bonchev–Trinajstić information content (AvgIpc) is 3.69. The number of hydrogen-bond acceptors (Lipinski definition) is 3. The molecule has 10 aromatic rings. The lowest BCUT2D eigenvalue weighted by atomic mass is 9.82. The van der Waals surface area contributed by atoms with E-state index in [9.17, 15) is 0 Å². The smallest absolute Gasteiger partial charge is 0.238 e. The summed E-state index contributed by atoms with van der Waals surface area (Å²) < 4.78 is 2.22. The molecule has 8 aromatic carbocycles. The number of benzene rings is 8. The third kappa shape index (κ3) is 4.53. The predicted molar refractivity (Wildman–Crippen MR) is 223 cm³/mol. The summed E-state index contributed by atoms with van der Waals surface area (Å²) in [6.45, 7) is 4.71. The van der Waals surface area contributed by atoms with Crippen molar-refractivity contribution < 1.29 is 0 Å². The molecule has 1 aliphatic carbocycles. The highest BCUT2D eigenvalue weighted by Crippen LogP contribution is 2.52. The topological polar surface area (TPSA) is 43.6 Å². The second-order valence-corrected chi connectivity index (χ2v) is 14.9. The van der Waals surface area contributed by atoms with Crippen LogP contribution in [-0.4, -0.2) is 19.5 Å². The van der Waals surface area contributed by atoms with Crippen LogP contribution >= 0.6 is 0 Å². The number of fused-ring (bicyclic) bond motifs is 10. The summed E-state index contributed by atoms with van der Waals surface area (Å²) in [5.41, 5.74) is 11.7. The first kappa shape index (κ1) is 30.7. The Hall–Kier alpha value is -6.91. The number of rotatable bonds is 4. The molecule has 0 bridgehead atoms. The third-order valence-corrected chi connectivity index (χ3v) is 11.4. The van der Waals surface area contributed by atoms with Gasteiger partial charge in [-0.3, -0.25) is 4.57 Å². The minimum Gasteiger partial charge on any atom is -0.278 e. The molecular weight excluding hydrogens is 657 g/mol. The van der Waals surface area contributed by atoms with E-state index in [4.69, 9.17) is 15.0 Å². The summed E-state index contributed by atoms with van der Waals surface area (Å²) in [4.78, 5) is 15.3. The van der Waals surface area contributed by atoms with Crippen molar-refractivity contribution in [3.63, 3.8) is 0 Å². The van der Waals surface area contributed by atoms with Crippen molar-refractivity contribution in [1.82, 2.24) is 19.5 Å². The van der Waals surface area contributed by atoms with Crippen molar-refractivity contribution in [1.29, 1.82) is 0 Å². The van der Waals surface area contributed by atoms with Gasteiger partial charge in [0.05, 0.1) is 11.0 Å². The van der Waals surface area contributed by atoms with Gasteiger partial charge in [-0.25, -0.2) is 4.98 Å². The molecule has 254 valence electrons. The SMILES string of the molecule is CC1(C)c2ccc(-c3ccc4c(c3)c3c5ccccc5ccc3n4-c3nc(-c4ccccc4)nc(-c4ccccc4)n3)cc2-c2c1ccc1ccccc21. The standard InChI is InChI=1S/C50H34N4/c1-50(2)41-25-22-35(29-39(41)45-37-19-11-9-13-31(37)21-26-42(45)50)36-24-27-43-40(30-36)46-38-20-12-10-14-32(38)23-28-44(46)54(43)49-52-47(33-15-5-3-6-16-33)51-48(53-49)34-17-7-4-8-18-34/h3-30H,1-2H3. The first-order valence-corrected chi connectivity index (χ1v) is 18.5. The second kappa shape index (κ2) is 11.5. The quantitative estimate of drug-likeness (QED) is 0.185. The summed E-state index contributed by atoms with van der Waals surface area (Å²) in [6, 6.07) is 60.7. The van der Waals surface area contributed by atoms with Gasteiger partial charge < -0.3 is 0 Å². The maximum Gasteiger partial charge on any atom is 0.238 e. The lowest BCUT2D eigenvalue weighted by Crippen LogP contribution is -2.14. The summed E-state index contributed by atoms with van der Waals surface area (Å²) >= 11 is 0. The van der Waals surface area contributed by atoms with Crippen molar-refractivity contribution in [2.45, 2.75) is 19.3 Å². The largest absolute Gasteiger partial charge is 0.278 e. The highest BCUT2D eigenvalue weighted by Gasteiger charge is 2.36. The fraction of sp³-hybridized carbons (Fsp3) is 0.0600. The van der Waals surface area contributed by atoms with E-state index < -0.39 is 0 Å². The molecule has 0 fully saturated rings. The van der Waals surface area contributed by atoms with E-state index in [0.717, 1.165) is 27.5 Å². The van der Waals surface area contributed by atoms with Crippen LogP contribution in [-0.2, 0) is 5.41 Å². The van der Waals surface area contributed by atoms with E-state index in [0.29, 0.717) is 17.6 Å². The van der Waals surface area contributed by atoms with Crippen LogP contribution in [0.2, 0.25) is 0 Å². The summed E-state index contributed by atoms with van der Waals surface area (Å²) in [7, 11) is 0. The van der Waals surface area contributed by atoms with Crippen LogP contribution in [0.15, 0.2) is 170 Å². The molecule has 0 saturated carbocycles. The Morgan fingerprint density at radius 3 is 1.70 bits per heavy atom. The number of nitrogens with zero attached hydrogens (tertiary/aromatic N) is 4. The van der Waals surface area contributed by atoms with Crippen molar-refractivity contribution in [3.8, 4) is 51.0 Å². The van der Waals surface area contributed by atoms with Gasteiger partial charge in [-0.15, -0.1) is 0 Å². The average molecular weight is 691 g/mol. The van der Waals surface area contributed by atoms with Crippen LogP contribution in [0.5, 0.6) is 0 Å². The van der Waals surface area contributed by atoms with Crippen LogP contribution in [0.3, 0.4) is 0 Å². The summed E-state index contributed by atoms with van der Waals surface area (Å²) in [5, 5.41) is 7.33. The maximum atomic E-state index is 5.17. The fourth-order valence-electron chi connectivity index (χ4n) is 8.79. The second-order valence-electron chi connectivity index (χ2n) is 14.9.